The second kappa shape index (κ2) is 9.67. The van der Waals surface area contributed by atoms with Crippen LogP contribution in [0.2, 0.25) is 0 Å². The van der Waals surface area contributed by atoms with E-state index >= 15 is 0 Å². The number of hydroxylamine groups is 1. The molecule has 0 bridgehead atoms. The quantitative estimate of drug-likeness (QED) is 0.254. The lowest BCUT2D eigenvalue weighted by Gasteiger charge is -2.15. The molecule has 6 nitrogen and oxygen atoms in total. The van der Waals surface area contributed by atoms with E-state index in [2.05, 4.69) is 5.32 Å². The SMILES string of the molecule is COCCONC(=O)c1cc(C=O)c(F)c(F)c1Nc1ccc(I)cc1F. The summed E-state index contributed by atoms with van der Waals surface area (Å²) in [6.45, 7) is 0.178. The molecule has 0 unspecified atom stereocenters. The Morgan fingerprint density at radius 2 is 1.93 bits per heavy atom. The normalized spacial score (nSPS) is 10.6. The van der Waals surface area contributed by atoms with Crippen molar-refractivity contribution < 1.29 is 32.3 Å². The van der Waals surface area contributed by atoms with Gasteiger partial charge in [-0.25, -0.2) is 18.7 Å². The van der Waals surface area contributed by atoms with Crippen LogP contribution in [0.4, 0.5) is 24.5 Å². The Kier molecular flexibility index (Phi) is 7.56. The van der Waals surface area contributed by atoms with Crippen LogP contribution in [0.25, 0.3) is 0 Å². The third-order valence-electron chi connectivity index (χ3n) is 3.35. The highest BCUT2D eigenvalue weighted by Gasteiger charge is 2.23. The smallest absolute Gasteiger partial charge is 0.277 e. The molecule has 0 radical (unpaired) electrons. The second-order valence-corrected chi connectivity index (χ2v) is 6.40. The molecule has 27 heavy (non-hydrogen) atoms. The lowest BCUT2D eigenvalue weighted by molar-refractivity contribution is 0.00891. The van der Waals surface area contributed by atoms with Crippen molar-refractivity contribution in [2.24, 2.45) is 0 Å². The molecule has 2 aromatic carbocycles. The molecule has 1 amide bonds. The molecule has 0 saturated heterocycles. The van der Waals surface area contributed by atoms with E-state index in [1.54, 1.807) is 0 Å². The predicted octanol–water partition coefficient (Wildman–Crippen LogP) is 3.57. The number of anilines is 2. The predicted molar refractivity (Wildman–Crippen MR) is 99.4 cm³/mol. The van der Waals surface area contributed by atoms with Crippen molar-refractivity contribution in [2.45, 2.75) is 0 Å². The summed E-state index contributed by atoms with van der Waals surface area (Å²) in [5.74, 6) is -4.65. The monoisotopic (exact) mass is 494 g/mol. The van der Waals surface area contributed by atoms with Crippen LogP contribution in [-0.2, 0) is 9.57 Å². The molecule has 144 valence electrons. The molecule has 0 heterocycles. The van der Waals surface area contributed by atoms with Crippen molar-refractivity contribution in [3.63, 3.8) is 0 Å². The van der Waals surface area contributed by atoms with Crippen LogP contribution >= 0.6 is 22.6 Å². The van der Waals surface area contributed by atoms with Crippen LogP contribution in [0.15, 0.2) is 24.3 Å². The number of benzene rings is 2. The maximum atomic E-state index is 14.4. The van der Waals surface area contributed by atoms with Crippen molar-refractivity contribution in [1.82, 2.24) is 5.48 Å². The van der Waals surface area contributed by atoms with Gasteiger partial charge in [-0.05, 0) is 46.9 Å². The molecule has 10 heteroatoms. The summed E-state index contributed by atoms with van der Waals surface area (Å²) in [6.07, 6.45) is 0.0657. The average Bonchev–Trinajstić information content (AvgIpc) is 2.64. The molecular formula is C17H14F3IN2O4. The minimum Gasteiger partial charge on any atom is -0.382 e. The number of rotatable bonds is 8. The van der Waals surface area contributed by atoms with Gasteiger partial charge in [0.15, 0.2) is 17.9 Å². The van der Waals surface area contributed by atoms with E-state index in [0.717, 1.165) is 6.07 Å². The van der Waals surface area contributed by atoms with Crippen LogP contribution in [0, 0.1) is 21.0 Å². The highest BCUT2D eigenvalue weighted by atomic mass is 127. The standard InChI is InChI=1S/C17H14F3IN2O4/c1-26-4-5-27-23-17(25)11-6-9(8-24)14(19)15(20)16(11)22-13-3-2-10(21)7-12(13)18/h2-3,6-8,22H,4-5H2,1H3,(H,23,25). The number of nitrogens with one attached hydrogen (secondary N) is 2. The first-order valence-corrected chi connectivity index (χ1v) is 8.57. The number of carbonyl (C=O) groups is 2. The summed E-state index contributed by atoms with van der Waals surface area (Å²) in [5, 5.41) is 2.36. The van der Waals surface area contributed by atoms with Crippen LogP contribution < -0.4 is 10.8 Å². The Balaban J connectivity index is 2.42. The molecule has 2 rings (SSSR count). The Morgan fingerprint density at radius 1 is 1.19 bits per heavy atom. The van der Waals surface area contributed by atoms with E-state index in [-0.39, 0.29) is 25.2 Å². The van der Waals surface area contributed by atoms with Gasteiger partial charge in [0, 0.05) is 10.7 Å². The Hall–Kier alpha value is -2.18. The van der Waals surface area contributed by atoms with E-state index in [1.807, 2.05) is 28.1 Å². The fourth-order valence-electron chi connectivity index (χ4n) is 2.05. The van der Waals surface area contributed by atoms with Crippen molar-refractivity contribution in [1.29, 1.82) is 0 Å². The summed E-state index contributed by atoms with van der Waals surface area (Å²) in [7, 11) is 1.43. The van der Waals surface area contributed by atoms with E-state index in [4.69, 9.17) is 9.57 Å². The first-order valence-electron chi connectivity index (χ1n) is 7.49. The van der Waals surface area contributed by atoms with Gasteiger partial charge in [0.2, 0.25) is 0 Å². The van der Waals surface area contributed by atoms with Crippen LogP contribution in [0.3, 0.4) is 0 Å². The minimum atomic E-state index is -1.50. The molecule has 0 fully saturated rings. The highest BCUT2D eigenvalue weighted by Crippen LogP contribution is 2.30. The third kappa shape index (κ3) is 5.17. The number of hydrogen-bond donors (Lipinski definition) is 2. The molecule has 0 spiro atoms. The third-order valence-corrected chi connectivity index (χ3v) is 4.02. The molecule has 0 saturated carbocycles. The number of methoxy groups -OCH3 is 1. The number of carbonyl (C=O) groups excluding carboxylic acids is 2. The highest BCUT2D eigenvalue weighted by molar-refractivity contribution is 14.1. The maximum absolute atomic E-state index is 14.4. The summed E-state index contributed by atoms with van der Waals surface area (Å²) >= 11 is 1.88. The van der Waals surface area contributed by atoms with Gasteiger partial charge >= 0.3 is 0 Å². The van der Waals surface area contributed by atoms with Gasteiger partial charge in [0.05, 0.1) is 35.7 Å². The number of halogens is 4. The van der Waals surface area contributed by atoms with Crippen molar-refractivity contribution in [2.75, 3.05) is 25.6 Å². The zero-order valence-electron chi connectivity index (χ0n) is 13.9. The Bertz CT molecular complexity index is 865. The molecule has 0 aliphatic heterocycles. The van der Waals surface area contributed by atoms with Crippen molar-refractivity contribution >= 4 is 46.2 Å². The topological polar surface area (TPSA) is 76.7 Å². The maximum Gasteiger partial charge on any atom is 0.277 e. The van der Waals surface area contributed by atoms with Crippen LogP contribution in [-0.4, -0.2) is 32.5 Å². The zero-order valence-corrected chi connectivity index (χ0v) is 16.1. The van der Waals surface area contributed by atoms with E-state index in [9.17, 15) is 22.8 Å². The van der Waals surface area contributed by atoms with Crippen LogP contribution in [0.1, 0.15) is 20.7 Å². The molecule has 0 atom stereocenters. The van der Waals surface area contributed by atoms with Gasteiger partial charge in [0.25, 0.3) is 5.91 Å². The van der Waals surface area contributed by atoms with Gasteiger partial charge in [-0.2, -0.15) is 0 Å². The van der Waals surface area contributed by atoms with Crippen LogP contribution in [0.5, 0.6) is 0 Å². The Morgan fingerprint density at radius 3 is 2.56 bits per heavy atom. The second-order valence-electron chi connectivity index (χ2n) is 5.16. The van der Waals surface area contributed by atoms with E-state index < -0.39 is 40.2 Å². The fourth-order valence-corrected chi connectivity index (χ4v) is 2.51. The van der Waals surface area contributed by atoms with Gasteiger partial charge in [0.1, 0.15) is 5.82 Å². The number of hydrogen-bond acceptors (Lipinski definition) is 5. The van der Waals surface area contributed by atoms with Gasteiger partial charge < -0.3 is 10.1 Å². The van der Waals surface area contributed by atoms with Gasteiger partial charge in [-0.3, -0.25) is 14.4 Å². The van der Waals surface area contributed by atoms with E-state index in [0.29, 0.717) is 3.57 Å². The first-order chi connectivity index (χ1) is 12.9. The molecule has 2 N–H and O–H groups in total. The molecule has 0 aromatic heterocycles. The zero-order chi connectivity index (χ0) is 20.0. The Labute approximate surface area is 166 Å². The fraction of sp³-hybridized carbons (Fsp3) is 0.176. The summed E-state index contributed by atoms with van der Waals surface area (Å²) in [5.41, 5.74) is 0.108. The summed E-state index contributed by atoms with van der Waals surface area (Å²) in [4.78, 5) is 28.1. The van der Waals surface area contributed by atoms with Gasteiger partial charge in [-0.15, -0.1) is 0 Å². The summed E-state index contributed by atoms with van der Waals surface area (Å²) in [6, 6.07) is 4.85. The lowest BCUT2D eigenvalue weighted by Crippen LogP contribution is -2.27. The lowest BCUT2D eigenvalue weighted by atomic mass is 10.1. The van der Waals surface area contributed by atoms with Gasteiger partial charge in [-0.1, -0.05) is 0 Å². The molecular weight excluding hydrogens is 480 g/mol. The van der Waals surface area contributed by atoms with Crippen molar-refractivity contribution in [3.8, 4) is 0 Å². The molecule has 0 aliphatic rings. The average molecular weight is 494 g/mol. The summed E-state index contributed by atoms with van der Waals surface area (Å²) < 4.78 is 47.8. The first kappa shape index (κ1) is 21.1. The molecule has 2 aromatic rings. The molecule has 0 aliphatic carbocycles. The van der Waals surface area contributed by atoms with Crippen molar-refractivity contribution in [3.05, 3.63) is 56.4 Å². The number of amides is 1. The van der Waals surface area contributed by atoms with E-state index in [1.165, 1.54) is 25.3 Å². The largest absolute Gasteiger partial charge is 0.382 e. The number of aldehydes is 1. The number of ether oxygens (including phenoxy) is 1. The minimum absolute atomic E-state index is 0.000959.